The Morgan fingerprint density at radius 1 is 1.33 bits per heavy atom. The molecular formula is C19H27N5O3. The van der Waals surface area contributed by atoms with Crippen molar-refractivity contribution in [1.82, 2.24) is 20.1 Å². The van der Waals surface area contributed by atoms with E-state index in [2.05, 4.69) is 33.9 Å². The Bertz CT molecular complexity index is 761. The van der Waals surface area contributed by atoms with Crippen molar-refractivity contribution in [3.05, 3.63) is 35.7 Å². The highest BCUT2D eigenvalue weighted by molar-refractivity contribution is 5.94. The highest BCUT2D eigenvalue weighted by atomic mass is 16.4. The lowest BCUT2D eigenvalue weighted by atomic mass is 10.2. The summed E-state index contributed by atoms with van der Waals surface area (Å²) in [5.74, 6) is 1.57. The SMILES string of the molecule is CCCN(CC)c1ccc(C(=O)N2C[C@H](O)C[C@@H]2c2nnc(CC)o2)cn1. The fourth-order valence-electron chi connectivity index (χ4n) is 3.39. The number of likely N-dealkylation sites (tertiary alicyclic amines) is 1. The zero-order valence-corrected chi connectivity index (χ0v) is 16.1. The Morgan fingerprint density at radius 3 is 2.74 bits per heavy atom. The van der Waals surface area contributed by atoms with Crippen molar-refractivity contribution in [2.75, 3.05) is 24.5 Å². The maximum Gasteiger partial charge on any atom is 0.256 e. The summed E-state index contributed by atoms with van der Waals surface area (Å²) in [4.78, 5) is 21.2. The number of aromatic nitrogens is 3. The van der Waals surface area contributed by atoms with Crippen LogP contribution >= 0.6 is 0 Å². The van der Waals surface area contributed by atoms with E-state index in [-0.39, 0.29) is 12.5 Å². The molecule has 0 spiro atoms. The third-order valence-electron chi connectivity index (χ3n) is 4.80. The van der Waals surface area contributed by atoms with Crippen molar-refractivity contribution in [3.63, 3.8) is 0 Å². The molecular weight excluding hydrogens is 346 g/mol. The van der Waals surface area contributed by atoms with Gasteiger partial charge in [0.25, 0.3) is 5.91 Å². The van der Waals surface area contributed by atoms with Crippen molar-refractivity contribution in [2.24, 2.45) is 0 Å². The fourth-order valence-corrected chi connectivity index (χ4v) is 3.39. The first-order chi connectivity index (χ1) is 13.1. The summed E-state index contributed by atoms with van der Waals surface area (Å²) in [6.07, 6.45) is 3.05. The molecule has 8 nitrogen and oxygen atoms in total. The van der Waals surface area contributed by atoms with Crippen LogP contribution in [0.4, 0.5) is 5.82 Å². The zero-order chi connectivity index (χ0) is 19.4. The number of carbonyl (C=O) groups is 1. The smallest absolute Gasteiger partial charge is 0.256 e. The van der Waals surface area contributed by atoms with E-state index in [9.17, 15) is 9.90 Å². The highest BCUT2D eigenvalue weighted by Gasteiger charge is 2.39. The number of hydrogen-bond donors (Lipinski definition) is 1. The number of rotatable bonds is 7. The Balaban J connectivity index is 1.78. The summed E-state index contributed by atoms with van der Waals surface area (Å²) in [5.41, 5.74) is 0.487. The van der Waals surface area contributed by atoms with Crippen LogP contribution in [-0.2, 0) is 6.42 Å². The number of aryl methyl sites for hydroxylation is 1. The van der Waals surface area contributed by atoms with Gasteiger partial charge in [0.15, 0.2) is 0 Å². The number of carbonyl (C=O) groups excluding carboxylic acids is 1. The maximum absolute atomic E-state index is 13.0. The van der Waals surface area contributed by atoms with Gasteiger partial charge in [0.2, 0.25) is 11.8 Å². The minimum Gasteiger partial charge on any atom is -0.423 e. The minimum atomic E-state index is -0.608. The molecule has 0 aliphatic carbocycles. The van der Waals surface area contributed by atoms with Gasteiger partial charge in [-0.2, -0.15) is 0 Å². The second-order valence-corrected chi connectivity index (χ2v) is 6.74. The average molecular weight is 373 g/mol. The summed E-state index contributed by atoms with van der Waals surface area (Å²) in [5, 5.41) is 18.1. The molecule has 2 atom stereocenters. The second kappa shape index (κ2) is 8.47. The molecule has 2 aromatic heterocycles. The molecule has 1 fully saturated rings. The van der Waals surface area contributed by atoms with Crippen LogP contribution in [0.5, 0.6) is 0 Å². The standard InChI is InChI=1S/C19H27N5O3/c1-4-9-23(6-3)16-8-7-13(11-20-16)19(26)24-12-14(25)10-15(24)18-22-21-17(5-2)27-18/h7-8,11,14-15,25H,4-6,9-10,12H2,1-3H3/t14-,15-/m1/s1. The molecule has 8 heteroatoms. The lowest BCUT2D eigenvalue weighted by molar-refractivity contribution is 0.0697. The molecule has 146 valence electrons. The molecule has 1 saturated heterocycles. The number of aliphatic hydroxyl groups is 1. The molecule has 0 bridgehead atoms. The van der Waals surface area contributed by atoms with Crippen molar-refractivity contribution in [1.29, 1.82) is 0 Å². The first-order valence-electron chi connectivity index (χ1n) is 9.59. The van der Waals surface area contributed by atoms with E-state index < -0.39 is 12.1 Å². The molecule has 0 unspecified atom stereocenters. The lowest BCUT2D eigenvalue weighted by Gasteiger charge is -2.23. The number of pyridine rings is 1. The highest BCUT2D eigenvalue weighted by Crippen LogP contribution is 2.32. The van der Waals surface area contributed by atoms with E-state index in [4.69, 9.17) is 4.42 Å². The van der Waals surface area contributed by atoms with Crippen LogP contribution in [0.3, 0.4) is 0 Å². The number of anilines is 1. The van der Waals surface area contributed by atoms with Gasteiger partial charge >= 0.3 is 0 Å². The van der Waals surface area contributed by atoms with Gasteiger partial charge in [-0.15, -0.1) is 10.2 Å². The molecule has 0 aromatic carbocycles. The number of nitrogens with zero attached hydrogens (tertiary/aromatic N) is 5. The van der Waals surface area contributed by atoms with Gasteiger partial charge < -0.3 is 19.3 Å². The van der Waals surface area contributed by atoms with Crippen molar-refractivity contribution < 1.29 is 14.3 Å². The van der Waals surface area contributed by atoms with Crippen molar-refractivity contribution >= 4 is 11.7 Å². The molecule has 3 heterocycles. The number of aliphatic hydroxyl groups excluding tert-OH is 1. The van der Waals surface area contributed by atoms with Crippen molar-refractivity contribution in [2.45, 2.75) is 52.2 Å². The monoisotopic (exact) mass is 373 g/mol. The Kier molecular flexibility index (Phi) is 6.05. The summed E-state index contributed by atoms with van der Waals surface area (Å²) in [7, 11) is 0. The molecule has 27 heavy (non-hydrogen) atoms. The van der Waals surface area contributed by atoms with Crippen LogP contribution in [0.1, 0.15) is 61.8 Å². The van der Waals surface area contributed by atoms with Gasteiger partial charge in [-0.05, 0) is 25.5 Å². The van der Waals surface area contributed by atoms with Crippen LogP contribution in [0, 0.1) is 0 Å². The third kappa shape index (κ3) is 4.10. The summed E-state index contributed by atoms with van der Waals surface area (Å²) < 4.78 is 5.62. The lowest BCUT2D eigenvalue weighted by Crippen LogP contribution is -2.32. The number of hydrogen-bond acceptors (Lipinski definition) is 7. The average Bonchev–Trinajstić information content (AvgIpc) is 3.32. The fraction of sp³-hybridized carbons (Fsp3) is 0.579. The van der Waals surface area contributed by atoms with Gasteiger partial charge in [0, 0.05) is 38.7 Å². The van der Waals surface area contributed by atoms with Crippen LogP contribution in [0.25, 0.3) is 0 Å². The largest absolute Gasteiger partial charge is 0.423 e. The van der Waals surface area contributed by atoms with Crippen molar-refractivity contribution in [3.8, 4) is 0 Å². The van der Waals surface area contributed by atoms with Gasteiger partial charge in [-0.3, -0.25) is 4.79 Å². The maximum atomic E-state index is 13.0. The number of amides is 1. The zero-order valence-electron chi connectivity index (χ0n) is 16.1. The Morgan fingerprint density at radius 2 is 2.15 bits per heavy atom. The summed E-state index contributed by atoms with van der Waals surface area (Å²) in [6, 6.07) is 3.25. The molecule has 1 N–H and O–H groups in total. The van der Waals surface area contributed by atoms with Gasteiger partial charge in [-0.1, -0.05) is 13.8 Å². The molecule has 1 amide bonds. The summed E-state index contributed by atoms with van der Waals surface area (Å²) >= 11 is 0. The van der Waals surface area contributed by atoms with Crippen LogP contribution in [-0.4, -0.2) is 56.8 Å². The molecule has 2 aromatic rings. The van der Waals surface area contributed by atoms with E-state index in [0.29, 0.717) is 30.2 Å². The van der Waals surface area contributed by atoms with E-state index in [1.165, 1.54) is 0 Å². The molecule has 3 rings (SSSR count). The second-order valence-electron chi connectivity index (χ2n) is 6.74. The quantitative estimate of drug-likeness (QED) is 0.795. The predicted octanol–water partition coefficient (Wildman–Crippen LogP) is 2.21. The Labute approximate surface area is 159 Å². The predicted molar refractivity (Wildman–Crippen MR) is 100 cm³/mol. The van der Waals surface area contributed by atoms with E-state index in [1.807, 2.05) is 13.0 Å². The van der Waals surface area contributed by atoms with Crippen LogP contribution < -0.4 is 4.90 Å². The topological polar surface area (TPSA) is 95.6 Å². The normalized spacial score (nSPS) is 19.5. The van der Waals surface area contributed by atoms with Gasteiger partial charge in [0.05, 0.1) is 11.7 Å². The van der Waals surface area contributed by atoms with E-state index in [1.54, 1.807) is 17.2 Å². The Hall–Kier alpha value is -2.48. The molecule has 1 aliphatic heterocycles. The van der Waals surface area contributed by atoms with Gasteiger partial charge in [-0.25, -0.2) is 4.98 Å². The van der Waals surface area contributed by atoms with Crippen LogP contribution in [0.2, 0.25) is 0 Å². The molecule has 1 aliphatic rings. The first-order valence-corrected chi connectivity index (χ1v) is 9.59. The third-order valence-corrected chi connectivity index (χ3v) is 4.80. The van der Waals surface area contributed by atoms with Crippen LogP contribution in [0.15, 0.2) is 22.7 Å². The van der Waals surface area contributed by atoms with E-state index >= 15 is 0 Å². The summed E-state index contributed by atoms with van der Waals surface area (Å²) in [6.45, 7) is 8.17. The molecule has 0 radical (unpaired) electrons. The minimum absolute atomic E-state index is 0.189. The van der Waals surface area contributed by atoms with Gasteiger partial charge in [0.1, 0.15) is 11.9 Å². The molecule has 0 saturated carbocycles. The van der Waals surface area contributed by atoms with E-state index in [0.717, 1.165) is 25.3 Å². The first kappa shape index (κ1) is 19.3. The number of β-amino-alcohol motifs (C(OH)–C–C–N with tert-alkyl or cyclic N) is 1.